The molecule has 0 saturated carbocycles. The van der Waals surface area contributed by atoms with Crippen LogP contribution in [0.25, 0.3) is 0 Å². The van der Waals surface area contributed by atoms with Gasteiger partial charge in [0.1, 0.15) is 5.15 Å². The minimum Gasteiger partial charge on any atom is -0.480 e. The molecule has 0 saturated heterocycles. The van der Waals surface area contributed by atoms with Crippen molar-refractivity contribution in [2.75, 3.05) is 10.5 Å². The summed E-state index contributed by atoms with van der Waals surface area (Å²) in [4.78, 5) is 14.1. The van der Waals surface area contributed by atoms with Crippen molar-refractivity contribution in [1.82, 2.24) is 4.98 Å². The fraction of sp³-hybridized carbons (Fsp3) is 0.250. The Morgan fingerprint density at radius 2 is 2.19 bits per heavy atom. The van der Waals surface area contributed by atoms with Crippen LogP contribution in [-0.2, 0) is 14.8 Å². The largest absolute Gasteiger partial charge is 0.480 e. The zero-order valence-electron chi connectivity index (χ0n) is 8.27. The van der Waals surface area contributed by atoms with Gasteiger partial charge in [0.15, 0.2) is 5.75 Å². The highest BCUT2D eigenvalue weighted by Crippen LogP contribution is 2.16. The maximum Gasteiger partial charge on any atom is 0.320 e. The minimum absolute atomic E-state index is 0.214. The van der Waals surface area contributed by atoms with Crippen LogP contribution < -0.4 is 4.72 Å². The molecule has 0 unspecified atom stereocenters. The molecule has 0 radical (unpaired) electrons. The SMILES string of the molecule is Cc1nc(Cl)ccc1NS(=O)(=O)CC(=O)O. The van der Waals surface area contributed by atoms with E-state index in [0.29, 0.717) is 5.69 Å². The van der Waals surface area contributed by atoms with Crippen molar-refractivity contribution in [3.05, 3.63) is 23.0 Å². The van der Waals surface area contributed by atoms with Crippen LogP contribution in [-0.4, -0.2) is 30.2 Å². The van der Waals surface area contributed by atoms with Crippen LogP contribution in [0.1, 0.15) is 5.69 Å². The zero-order chi connectivity index (χ0) is 12.3. The molecule has 0 atom stereocenters. The summed E-state index contributed by atoms with van der Waals surface area (Å²) in [5, 5.41) is 8.62. The van der Waals surface area contributed by atoms with Gasteiger partial charge in [-0.1, -0.05) is 11.6 Å². The molecule has 16 heavy (non-hydrogen) atoms. The van der Waals surface area contributed by atoms with E-state index in [2.05, 4.69) is 9.71 Å². The number of carboxylic acids is 1. The fourth-order valence-corrected chi connectivity index (χ4v) is 2.14. The number of hydrogen-bond donors (Lipinski definition) is 2. The van der Waals surface area contributed by atoms with E-state index in [0.717, 1.165) is 0 Å². The standard InChI is InChI=1S/C8H9ClN2O4S/c1-5-6(2-3-7(9)10-5)11-16(14,15)4-8(12)13/h2-3,11H,4H2,1H3,(H,12,13). The summed E-state index contributed by atoms with van der Waals surface area (Å²) in [7, 11) is -3.90. The predicted octanol–water partition coefficient (Wildman–Crippen LogP) is 0.870. The number of aryl methyl sites for hydroxylation is 1. The van der Waals surface area contributed by atoms with Crippen molar-refractivity contribution in [2.45, 2.75) is 6.92 Å². The first kappa shape index (κ1) is 12.7. The number of aromatic nitrogens is 1. The molecule has 0 bridgehead atoms. The van der Waals surface area contributed by atoms with Crippen LogP contribution in [0.4, 0.5) is 5.69 Å². The number of rotatable bonds is 4. The van der Waals surface area contributed by atoms with E-state index in [9.17, 15) is 13.2 Å². The molecule has 0 aliphatic carbocycles. The Hall–Kier alpha value is -1.34. The summed E-state index contributed by atoms with van der Waals surface area (Å²) < 4.78 is 24.7. The number of anilines is 1. The number of carboxylic acid groups (broad SMARTS) is 1. The van der Waals surface area contributed by atoms with E-state index in [1.54, 1.807) is 6.92 Å². The van der Waals surface area contributed by atoms with Crippen molar-refractivity contribution < 1.29 is 18.3 Å². The number of nitrogens with one attached hydrogen (secondary N) is 1. The molecule has 1 aromatic heterocycles. The van der Waals surface area contributed by atoms with E-state index < -0.39 is 21.7 Å². The van der Waals surface area contributed by atoms with Crippen LogP contribution in [0, 0.1) is 6.92 Å². The second-order valence-electron chi connectivity index (χ2n) is 3.02. The molecule has 6 nitrogen and oxygen atoms in total. The summed E-state index contributed by atoms with van der Waals surface area (Å²) >= 11 is 5.59. The van der Waals surface area contributed by atoms with Gasteiger partial charge in [0.25, 0.3) is 0 Å². The van der Waals surface area contributed by atoms with Crippen LogP contribution in [0.3, 0.4) is 0 Å². The average molecular weight is 265 g/mol. The molecule has 0 aliphatic heterocycles. The molecule has 1 rings (SSSR count). The van der Waals surface area contributed by atoms with Gasteiger partial charge in [0, 0.05) is 0 Å². The highest BCUT2D eigenvalue weighted by Gasteiger charge is 2.16. The van der Waals surface area contributed by atoms with E-state index in [1.165, 1.54) is 12.1 Å². The molecule has 0 fully saturated rings. The van der Waals surface area contributed by atoms with Gasteiger partial charge in [-0.2, -0.15) is 0 Å². The van der Waals surface area contributed by atoms with Crippen molar-refractivity contribution in [2.24, 2.45) is 0 Å². The molecule has 8 heteroatoms. The quantitative estimate of drug-likeness (QED) is 0.787. The van der Waals surface area contributed by atoms with Crippen LogP contribution in [0.5, 0.6) is 0 Å². The van der Waals surface area contributed by atoms with Crippen molar-refractivity contribution in [3.8, 4) is 0 Å². The fourth-order valence-electron chi connectivity index (χ4n) is 1.00. The molecule has 0 aromatic carbocycles. The Morgan fingerprint density at radius 3 is 2.69 bits per heavy atom. The predicted molar refractivity (Wildman–Crippen MR) is 59.0 cm³/mol. The molecule has 0 spiro atoms. The topological polar surface area (TPSA) is 96.4 Å². The van der Waals surface area contributed by atoms with E-state index >= 15 is 0 Å². The summed E-state index contributed by atoms with van der Waals surface area (Å²) in [6.45, 7) is 1.56. The number of halogens is 1. The Kier molecular flexibility index (Phi) is 3.71. The van der Waals surface area contributed by atoms with Crippen molar-refractivity contribution in [1.29, 1.82) is 0 Å². The second kappa shape index (κ2) is 4.67. The zero-order valence-corrected chi connectivity index (χ0v) is 9.84. The molecule has 1 aromatic rings. The third kappa shape index (κ3) is 3.67. The van der Waals surface area contributed by atoms with Gasteiger partial charge in [0.2, 0.25) is 10.0 Å². The Labute approximate surface area is 97.3 Å². The van der Waals surface area contributed by atoms with Gasteiger partial charge < -0.3 is 5.11 Å². The summed E-state index contributed by atoms with van der Waals surface area (Å²) in [5.74, 6) is -2.42. The lowest BCUT2D eigenvalue weighted by Crippen LogP contribution is -2.22. The first-order valence-electron chi connectivity index (χ1n) is 4.15. The highest BCUT2D eigenvalue weighted by atomic mass is 35.5. The molecule has 88 valence electrons. The number of pyridine rings is 1. The van der Waals surface area contributed by atoms with Gasteiger partial charge in [-0.3, -0.25) is 9.52 Å². The third-order valence-electron chi connectivity index (χ3n) is 1.63. The molecular weight excluding hydrogens is 256 g/mol. The van der Waals surface area contributed by atoms with E-state index in [1.807, 2.05) is 0 Å². The normalized spacial score (nSPS) is 11.1. The lowest BCUT2D eigenvalue weighted by atomic mass is 10.3. The van der Waals surface area contributed by atoms with Crippen LogP contribution in [0.15, 0.2) is 12.1 Å². The first-order valence-corrected chi connectivity index (χ1v) is 6.18. The summed E-state index contributed by atoms with van der Waals surface area (Å²) in [6, 6.07) is 2.83. The van der Waals surface area contributed by atoms with Crippen LogP contribution >= 0.6 is 11.6 Å². The summed E-state index contributed by atoms with van der Waals surface area (Å²) in [6.07, 6.45) is 0. The van der Waals surface area contributed by atoms with Crippen LogP contribution in [0.2, 0.25) is 5.15 Å². The first-order chi connectivity index (χ1) is 7.30. The van der Waals surface area contributed by atoms with E-state index in [-0.39, 0.29) is 10.8 Å². The third-order valence-corrected chi connectivity index (χ3v) is 3.00. The summed E-state index contributed by atoms with van der Waals surface area (Å²) in [5.41, 5.74) is 0.590. The lowest BCUT2D eigenvalue weighted by Gasteiger charge is -2.08. The minimum atomic E-state index is -3.90. The monoisotopic (exact) mass is 264 g/mol. The molecular formula is C8H9ClN2O4S. The Bertz CT molecular complexity index is 515. The Balaban J connectivity index is 2.92. The molecule has 0 amide bonds. The number of nitrogens with zero attached hydrogens (tertiary/aromatic N) is 1. The van der Waals surface area contributed by atoms with Gasteiger partial charge in [-0.15, -0.1) is 0 Å². The maximum atomic E-state index is 11.3. The number of aliphatic carboxylic acids is 1. The number of sulfonamides is 1. The highest BCUT2D eigenvalue weighted by molar-refractivity contribution is 7.93. The van der Waals surface area contributed by atoms with Crippen molar-refractivity contribution in [3.63, 3.8) is 0 Å². The van der Waals surface area contributed by atoms with Crippen molar-refractivity contribution >= 4 is 33.3 Å². The maximum absolute atomic E-state index is 11.3. The van der Waals surface area contributed by atoms with E-state index in [4.69, 9.17) is 16.7 Å². The van der Waals surface area contributed by atoms with Gasteiger partial charge in [-0.25, -0.2) is 13.4 Å². The second-order valence-corrected chi connectivity index (χ2v) is 5.13. The molecule has 1 heterocycles. The lowest BCUT2D eigenvalue weighted by molar-refractivity contribution is -0.134. The van der Waals surface area contributed by atoms with Gasteiger partial charge >= 0.3 is 5.97 Å². The van der Waals surface area contributed by atoms with Gasteiger partial charge in [-0.05, 0) is 19.1 Å². The number of hydrogen-bond acceptors (Lipinski definition) is 4. The molecule has 2 N–H and O–H groups in total. The van der Waals surface area contributed by atoms with Gasteiger partial charge in [0.05, 0.1) is 11.4 Å². The number of carbonyl (C=O) groups is 1. The Morgan fingerprint density at radius 1 is 1.56 bits per heavy atom. The average Bonchev–Trinajstić information content (AvgIpc) is 2.07. The smallest absolute Gasteiger partial charge is 0.320 e. The molecule has 0 aliphatic rings.